The average Bonchev–Trinajstić information content (AvgIpc) is 2.95. The van der Waals surface area contributed by atoms with Crippen LogP contribution >= 0.6 is 0 Å². The molecule has 0 aliphatic heterocycles. The summed E-state index contributed by atoms with van der Waals surface area (Å²) in [6.45, 7) is 9.44. The Kier molecular flexibility index (Phi) is 18.3. The van der Waals surface area contributed by atoms with Crippen LogP contribution in [0.5, 0.6) is 0 Å². The third-order valence-electron chi connectivity index (χ3n) is 12.7. The number of halogens is 1. The molecule has 0 N–H and O–H groups in total. The topological polar surface area (TPSA) is 0 Å². The van der Waals surface area contributed by atoms with Crippen LogP contribution in [0.1, 0.15) is 164 Å². The largest absolute Gasteiger partial charge is 1.00 e. The SMILES string of the molecule is C/C=C/C1CCC(C2CCC(CC)CC2)CC1.CC1CCC(C2CCC(C3CCC(C)CC3)CC2)CC1.F.[H-].[K+]. The second-order valence-electron chi connectivity index (χ2n) is 15.1. The van der Waals surface area contributed by atoms with E-state index in [9.17, 15) is 0 Å². The second kappa shape index (κ2) is 19.6. The summed E-state index contributed by atoms with van der Waals surface area (Å²) in [7, 11) is 0. The van der Waals surface area contributed by atoms with E-state index in [2.05, 4.69) is 39.8 Å². The summed E-state index contributed by atoms with van der Waals surface area (Å²) in [5.41, 5.74) is 0. The first-order valence-electron chi connectivity index (χ1n) is 17.7. The molecule has 5 rings (SSSR count). The number of rotatable bonds is 5. The standard InChI is InChI=1S/C20H36.C17H30.FH.K.H/c1-15-3-7-17(8-4-15)19-11-13-20(14-12-19)18-9-5-16(2)6-10-18;1-3-5-15-8-12-17(13-9-15)16-10-6-14(4-2)7-11-16;;;/h15-20H,3-14H2,1-2H3;3,5,14-17H,4,6-13H2,1-2H3;1H;;/q;;;+1;-1/b;5-3+;;;. The Morgan fingerprint density at radius 3 is 1.08 bits per heavy atom. The molecule has 0 atom stereocenters. The van der Waals surface area contributed by atoms with E-state index >= 15 is 0 Å². The van der Waals surface area contributed by atoms with Gasteiger partial charge in [-0.1, -0.05) is 77.9 Å². The molecular weight excluding hydrogens is 503 g/mol. The van der Waals surface area contributed by atoms with Gasteiger partial charge in [0.15, 0.2) is 0 Å². The Balaban J connectivity index is 0.000000377. The zero-order chi connectivity index (χ0) is 26.0. The molecule has 0 aromatic heterocycles. The minimum Gasteiger partial charge on any atom is -1.00 e. The zero-order valence-electron chi connectivity index (χ0n) is 28.2. The van der Waals surface area contributed by atoms with Crippen LogP contribution in [0, 0.1) is 59.2 Å². The summed E-state index contributed by atoms with van der Waals surface area (Å²) in [6, 6.07) is 0. The summed E-state index contributed by atoms with van der Waals surface area (Å²) >= 11 is 0. The van der Waals surface area contributed by atoms with Gasteiger partial charge in [0.25, 0.3) is 0 Å². The third-order valence-corrected chi connectivity index (χ3v) is 12.7. The Hall–Kier alpha value is 1.31. The fourth-order valence-electron chi connectivity index (χ4n) is 9.75. The minimum atomic E-state index is 0. The molecule has 0 spiro atoms. The molecule has 2 heteroatoms. The summed E-state index contributed by atoms with van der Waals surface area (Å²) < 4.78 is 0. The van der Waals surface area contributed by atoms with Crippen LogP contribution in [0.3, 0.4) is 0 Å². The molecule has 0 bridgehead atoms. The predicted molar refractivity (Wildman–Crippen MR) is 167 cm³/mol. The molecule has 39 heavy (non-hydrogen) atoms. The van der Waals surface area contributed by atoms with Gasteiger partial charge in [-0.3, -0.25) is 4.70 Å². The van der Waals surface area contributed by atoms with Crippen molar-refractivity contribution in [1.29, 1.82) is 0 Å². The van der Waals surface area contributed by atoms with E-state index in [0.717, 1.165) is 59.2 Å². The van der Waals surface area contributed by atoms with Gasteiger partial charge >= 0.3 is 51.4 Å². The maximum atomic E-state index is 2.46. The van der Waals surface area contributed by atoms with E-state index in [1.54, 1.807) is 51.4 Å². The van der Waals surface area contributed by atoms with Crippen LogP contribution in [0.15, 0.2) is 12.2 Å². The molecular formula is C37H68FK. The van der Waals surface area contributed by atoms with Crippen molar-refractivity contribution in [3.63, 3.8) is 0 Å². The first kappa shape index (κ1) is 36.5. The van der Waals surface area contributed by atoms with Crippen LogP contribution in [0.4, 0.5) is 4.70 Å². The second-order valence-corrected chi connectivity index (χ2v) is 15.1. The molecule has 0 unspecified atom stereocenters. The summed E-state index contributed by atoms with van der Waals surface area (Å²) in [5.74, 6) is 10.6. The smallest absolute Gasteiger partial charge is 1.00 e. The van der Waals surface area contributed by atoms with E-state index < -0.39 is 0 Å². The average molecular weight is 571 g/mol. The maximum Gasteiger partial charge on any atom is 1.00 e. The van der Waals surface area contributed by atoms with Crippen molar-refractivity contribution in [3.8, 4) is 0 Å². The van der Waals surface area contributed by atoms with Crippen molar-refractivity contribution in [1.82, 2.24) is 0 Å². The Morgan fingerprint density at radius 2 is 0.769 bits per heavy atom. The number of hydrogen-bond acceptors (Lipinski definition) is 0. The van der Waals surface area contributed by atoms with Gasteiger partial charge in [0.2, 0.25) is 0 Å². The number of allylic oxidation sites excluding steroid dienone is 2. The first-order valence-corrected chi connectivity index (χ1v) is 17.7. The normalized spacial score (nSPS) is 41.4. The van der Waals surface area contributed by atoms with Crippen molar-refractivity contribution in [3.05, 3.63) is 12.2 Å². The van der Waals surface area contributed by atoms with Crippen molar-refractivity contribution >= 4 is 0 Å². The van der Waals surface area contributed by atoms with Gasteiger partial charge in [0.05, 0.1) is 0 Å². The molecule has 0 aromatic carbocycles. The van der Waals surface area contributed by atoms with E-state index in [0.29, 0.717) is 0 Å². The Labute approximate surface area is 288 Å². The zero-order valence-corrected chi connectivity index (χ0v) is 30.3. The minimum absolute atomic E-state index is 0. The van der Waals surface area contributed by atoms with Gasteiger partial charge in [-0.25, -0.2) is 0 Å². The fourth-order valence-corrected chi connectivity index (χ4v) is 9.75. The first-order chi connectivity index (χ1) is 18.1. The van der Waals surface area contributed by atoms with Crippen molar-refractivity contribution < 1.29 is 57.5 Å². The molecule has 224 valence electrons. The van der Waals surface area contributed by atoms with E-state index in [4.69, 9.17) is 0 Å². The van der Waals surface area contributed by atoms with Crippen molar-refractivity contribution in [2.24, 2.45) is 59.2 Å². The van der Waals surface area contributed by atoms with Gasteiger partial charge in [-0.2, -0.15) is 0 Å². The van der Waals surface area contributed by atoms with Gasteiger partial charge in [0, 0.05) is 0 Å². The molecule has 5 saturated carbocycles. The van der Waals surface area contributed by atoms with Gasteiger partial charge in [-0.05, 0) is 156 Å². The molecule has 5 aliphatic carbocycles. The van der Waals surface area contributed by atoms with Crippen LogP contribution in [-0.2, 0) is 0 Å². The Morgan fingerprint density at radius 1 is 0.487 bits per heavy atom. The van der Waals surface area contributed by atoms with Crippen molar-refractivity contribution in [2.45, 2.75) is 163 Å². The van der Waals surface area contributed by atoms with E-state index in [-0.39, 0.29) is 57.5 Å². The summed E-state index contributed by atoms with van der Waals surface area (Å²) in [6.07, 6.45) is 36.8. The van der Waals surface area contributed by atoms with Crippen LogP contribution < -0.4 is 51.4 Å². The maximum absolute atomic E-state index is 2.46. The predicted octanol–water partition coefficient (Wildman–Crippen LogP) is 9.30. The van der Waals surface area contributed by atoms with Gasteiger partial charge < -0.3 is 1.43 Å². The molecule has 0 heterocycles. The Bertz CT molecular complexity index is 597. The fraction of sp³-hybridized carbons (Fsp3) is 0.946. The van der Waals surface area contributed by atoms with E-state index in [1.165, 1.54) is 83.5 Å². The monoisotopic (exact) mass is 570 g/mol. The molecule has 5 fully saturated rings. The van der Waals surface area contributed by atoms with E-state index in [1.807, 2.05) is 0 Å². The van der Waals surface area contributed by atoms with Crippen molar-refractivity contribution in [2.75, 3.05) is 0 Å². The molecule has 5 aliphatic rings. The summed E-state index contributed by atoms with van der Waals surface area (Å²) in [4.78, 5) is 0. The van der Waals surface area contributed by atoms with Gasteiger partial charge in [0.1, 0.15) is 0 Å². The quantitative estimate of drug-likeness (QED) is 0.228. The molecule has 0 radical (unpaired) electrons. The molecule has 0 amide bonds. The third kappa shape index (κ3) is 11.7. The summed E-state index contributed by atoms with van der Waals surface area (Å²) in [5, 5.41) is 0. The molecule has 0 nitrogen and oxygen atoms in total. The molecule has 0 saturated heterocycles. The van der Waals surface area contributed by atoms with Crippen LogP contribution in [0.25, 0.3) is 0 Å². The van der Waals surface area contributed by atoms with Crippen LogP contribution in [-0.4, -0.2) is 0 Å². The molecule has 0 aromatic rings. The van der Waals surface area contributed by atoms with Gasteiger partial charge in [-0.15, -0.1) is 0 Å². The van der Waals surface area contributed by atoms with Crippen LogP contribution in [0.2, 0.25) is 0 Å². The number of hydrogen-bond donors (Lipinski definition) is 0.